The van der Waals surface area contributed by atoms with E-state index >= 15 is 0 Å². The van der Waals surface area contributed by atoms with E-state index in [1.807, 2.05) is 62.4 Å². The van der Waals surface area contributed by atoms with Gasteiger partial charge in [-0.3, -0.25) is 4.79 Å². The summed E-state index contributed by atoms with van der Waals surface area (Å²) in [6, 6.07) is 14.8. The lowest BCUT2D eigenvalue weighted by molar-refractivity contribution is -0.120. The summed E-state index contributed by atoms with van der Waals surface area (Å²) in [4.78, 5) is 12.7. The number of aromatic nitrogens is 4. The maximum Gasteiger partial charge on any atom is 0.234 e. The van der Waals surface area contributed by atoms with E-state index in [9.17, 15) is 4.79 Å². The second kappa shape index (κ2) is 6.72. The van der Waals surface area contributed by atoms with Crippen molar-refractivity contribution >= 4 is 11.6 Å². The second-order valence-corrected chi connectivity index (χ2v) is 6.12. The van der Waals surface area contributed by atoms with Crippen LogP contribution in [0, 0.1) is 0 Å². The lowest BCUT2D eigenvalue weighted by Gasteiger charge is -2.24. The Hall–Kier alpha value is -3.22. The van der Waals surface area contributed by atoms with E-state index in [2.05, 4.69) is 25.9 Å². The number of H-pyrrole nitrogens is 1. The summed E-state index contributed by atoms with van der Waals surface area (Å²) in [5.41, 5.74) is 1.76. The highest BCUT2D eigenvalue weighted by Crippen LogP contribution is 2.27. The van der Waals surface area contributed by atoms with Crippen molar-refractivity contribution in [2.24, 2.45) is 0 Å². The van der Waals surface area contributed by atoms with Crippen molar-refractivity contribution in [3.8, 4) is 17.1 Å². The van der Waals surface area contributed by atoms with Gasteiger partial charge in [-0.15, -0.1) is 10.2 Å². The van der Waals surface area contributed by atoms with Crippen LogP contribution in [0.1, 0.15) is 19.4 Å². The molecule has 0 spiro atoms. The highest BCUT2D eigenvalue weighted by Gasteiger charge is 2.29. The molecule has 1 heterocycles. The SMILES string of the molecule is COc1ccc(C(C)(C)C(=O)Nc2ccc(-c3nn[nH]n3)cc2)cc1. The second-order valence-electron chi connectivity index (χ2n) is 6.12. The van der Waals surface area contributed by atoms with Crippen LogP contribution in [0.4, 0.5) is 5.69 Å². The number of methoxy groups -OCH3 is 1. The maximum absolute atomic E-state index is 12.7. The number of amides is 1. The Kier molecular flexibility index (Phi) is 4.47. The number of nitrogens with zero attached hydrogens (tertiary/aromatic N) is 3. The summed E-state index contributed by atoms with van der Waals surface area (Å²) in [6.45, 7) is 3.77. The number of rotatable bonds is 5. The van der Waals surface area contributed by atoms with Crippen molar-refractivity contribution < 1.29 is 9.53 Å². The normalized spacial score (nSPS) is 11.2. The van der Waals surface area contributed by atoms with Gasteiger partial charge in [0, 0.05) is 11.3 Å². The first kappa shape index (κ1) is 16.6. The molecular formula is C18H19N5O2. The molecule has 2 N–H and O–H groups in total. The van der Waals surface area contributed by atoms with Gasteiger partial charge in [0.25, 0.3) is 0 Å². The van der Waals surface area contributed by atoms with Crippen LogP contribution in [0.25, 0.3) is 11.4 Å². The van der Waals surface area contributed by atoms with E-state index in [1.165, 1.54) is 0 Å². The van der Waals surface area contributed by atoms with Gasteiger partial charge in [-0.1, -0.05) is 12.1 Å². The van der Waals surface area contributed by atoms with E-state index in [0.717, 1.165) is 16.9 Å². The Balaban J connectivity index is 1.73. The summed E-state index contributed by atoms with van der Waals surface area (Å²) < 4.78 is 5.16. The molecule has 0 aliphatic rings. The minimum Gasteiger partial charge on any atom is -0.497 e. The Morgan fingerprint density at radius 2 is 1.76 bits per heavy atom. The number of ether oxygens (including phenoxy) is 1. The minimum absolute atomic E-state index is 0.0926. The summed E-state index contributed by atoms with van der Waals surface area (Å²) in [5.74, 6) is 1.18. The molecule has 0 aliphatic heterocycles. The van der Waals surface area contributed by atoms with Crippen LogP contribution < -0.4 is 10.1 Å². The third-order valence-electron chi connectivity index (χ3n) is 4.13. The number of carbonyl (C=O) groups is 1. The van der Waals surface area contributed by atoms with Gasteiger partial charge < -0.3 is 10.1 Å². The monoisotopic (exact) mass is 337 g/mol. The fourth-order valence-corrected chi connectivity index (χ4v) is 2.41. The molecule has 7 heteroatoms. The zero-order chi connectivity index (χ0) is 17.9. The quantitative estimate of drug-likeness (QED) is 0.747. The Morgan fingerprint density at radius 3 is 2.32 bits per heavy atom. The largest absolute Gasteiger partial charge is 0.497 e. The van der Waals surface area contributed by atoms with Crippen molar-refractivity contribution in [3.63, 3.8) is 0 Å². The van der Waals surface area contributed by atoms with E-state index < -0.39 is 5.41 Å². The first-order valence-electron chi connectivity index (χ1n) is 7.80. The molecule has 0 unspecified atom stereocenters. The van der Waals surface area contributed by atoms with E-state index in [0.29, 0.717) is 11.5 Å². The summed E-state index contributed by atoms with van der Waals surface area (Å²) in [7, 11) is 1.62. The molecule has 0 aliphatic carbocycles. The van der Waals surface area contributed by atoms with Crippen molar-refractivity contribution in [1.82, 2.24) is 20.6 Å². The summed E-state index contributed by atoms with van der Waals surface area (Å²) >= 11 is 0. The number of nitrogens with one attached hydrogen (secondary N) is 2. The average Bonchev–Trinajstić information content (AvgIpc) is 3.17. The fourth-order valence-electron chi connectivity index (χ4n) is 2.41. The number of anilines is 1. The van der Waals surface area contributed by atoms with Gasteiger partial charge in [-0.2, -0.15) is 5.21 Å². The van der Waals surface area contributed by atoms with Crippen LogP contribution in [-0.2, 0) is 10.2 Å². The summed E-state index contributed by atoms with van der Waals surface area (Å²) in [5, 5.41) is 16.7. The number of tetrazole rings is 1. The Labute approximate surface area is 145 Å². The third-order valence-corrected chi connectivity index (χ3v) is 4.13. The number of hydrogen-bond donors (Lipinski definition) is 2. The van der Waals surface area contributed by atoms with Crippen LogP contribution >= 0.6 is 0 Å². The third kappa shape index (κ3) is 3.50. The standard InChI is InChI=1S/C18H19N5O2/c1-18(2,13-6-10-15(25-3)11-7-13)17(24)19-14-8-4-12(5-9-14)16-20-22-23-21-16/h4-11H,1-3H3,(H,19,24)(H,20,21,22,23). The smallest absolute Gasteiger partial charge is 0.234 e. The molecule has 0 bridgehead atoms. The van der Waals surface area contributed by atoms with Crippen LogP contribution in [-0.4, -0.2) is 33.6 Å². The van der Waals surface area contributed by atoms with E-state index in [4.69, 9.17) is 4.74 Å². The molecule has 128 valence electrons. The maximum atomic E-state index is 12.7. The van der Waals surface area contributed by atoms with Crippen molar-refractivity contribution in [2.45, 2.75) is 19.3 Å². The van der Waals surface area contributed by atoms with Gasteiger partial charge in [0.2, 0.25) is 11.7 Å². The van der Waals surface area contributed by atoms with Gasteiger partial charge in [-0.05, 0) is 61.0 Å². The molecule has 0 saturated carbocycles. The molecule has 2 aromatic carbocycles. The van der Waals surface area contributed by atoms with Crippen molar-refractivity contribution in [2.75, 3.05) is 12.4 Å². The molecule has 3 aromatic rings. The Morgan fingerprint density at radius 1 is 1.08 bits per heavy atom. The van der Waals surface area contributed by atoms with Crippen molar-refractivity contribution in [1.29, 1.82) is 0 Å². The molecule has 1 amide bonds. The van der Waals surface area contributed by atoms with E-state index in [-0.39, 0.29) is 5.91 Å². The number of carbonyl (C=O) groups excluding carboxylic acids is 1. The van der Waals surface area contributed by atoms with Gasteiger partial charge in [0.15, 0.2) is 0 Å². The van der Waals surface area contributed by atoms with E-state index in [1.54, 1.807) is 7.11 Å². The van der Waals surface area contributed by atoms with Crippen LogP contribution in [0.15, 0.2) is 48.5 Å². The molecule has 25 heavy (non-hydrogen) atoms. The van der Waals surface area contributed by atoms with Gasteiger partial charge >= 0.3 is 0 Å². The average molecular weight is 337 g/mol. The predicted octanol–water partition coefficient (Wildman–Crippen LogP) is 2.79. The predicted molar refractivity (Wildman–Crippen MR) is 94.3 cm³/mol. The summed E-state index contributed by atoms with van der Waals surface area (Å²) in [6.07, 6.45) is 0. The molecule has 1 aromatic heterocycles. The highest BCUT2D eigenvalue weighted by molar-refractivity contribution is 5.98. The molecule has 0 atom stereocenters. The molecule has 0 saturated heterocycles. The number of aromatic amines is 1. The topological polar surface area (TPSA) is 92.8 Å². The number of benzene rings is 2. The van der Waals surface area contributed by atoms with Gasteiger partial charge in [0.05, 0.1) is 12.5 Å². The fraction of sp³-hybridized carbons (Fsp3) is 0.222. The lowest BCUT2D eigenvalue weighted by atomic mass is 9.83. The molecule has 3 rings (SSSR count). The molecule has 7 nitrogen and oxygen atoms in total. The zero-order valence-electron chi connectivity index (χ0n) is 14.3. The lowest BCUT2D eigenvalue weighted by Crippen LogP contribution is -2.34. The molecule has 0 radical (unpaired) electrons. The highest BCUT2D eigenvalue weighted by atomic mass is 16.5. The Bertz CT molecular complexity index is 840. The first-order chi connectivity index (χ1) is 12.0. The van der Waals surface area contributed by atoms with Gasteiger partial charge in [-0.25, -0.2) is 0 Å². The minimum atomic E-state index is -0.682. The van der Waals surface area contributed by atoms with Crippen LogP contribution in [0.3, 0.4) is 0 Å². The first-order valence-corrected chi connectivity index (χ1v) is 7.80. The molecule has 0 fully saturated rings. The van der Waals surface area contributed by atoms with Crippen molar-refractivity contribution in [3.05, 3.63) is 54.1 Å². The van der Waals surface area contributed by atoms with Gasteiger partial charge in [0.1, 0.15) is 5.75 Å². The zero-order valence-corrected chi connectivity index (χ0v) is 14.3. The molecular weight excluding hydrogens is 318 g/mol. The van der Waals surface area contributed by atoms with Crippen LogP contribution in [0.2, 0.25) is 0 Å². The number of hydrogen-bond acceptors (Lipinski definition) is 5. The van der Waals surface area contributed by atoms with Crippen LogP contribution in [0.5, 0.6) is 5.75 Å².